The SMILES string of the molecule is c1ccc(-c2ccc(-c3ccc(N(c4ccccc4)c4ccc5c(c4)oc4cccc(-c6nc(-c7ccccc7)cc(-c7ccccc7-c7ccccc7)n6)c45)cc3)cc2)cc1. The molecule has 4 nitrogen and oxygen atoms in total. The van der Waals surface area contributed by atoms with Gasteiger partial charge in [-0.15, -0.1) is 0 Å². The fraction of sp³-hybridized carbons (Fsp3) is 0. The molecule has 0 saturated heterocycles. The molecule has 11 aromatic rings. The van der Waals surface area contributed by atoms with Gasteiger partial charge in [0.05, 0.1) is 11.4 Å². The number of furan rings is 1. The fourth-order valence-electron chi connectivity index (χ4n) is 8.49. The number of fused-ring (bicyclic) bond motifs is 3. The number of hydrogen-bond acceptors (Lipinski definition) is 4. The number of anilines is 3. The maximum absolute atomic E-state index is 6.72. The molecule has 0 radical (unpaired) electrons. The van der Waals surface area contributed by atoms with Crippen molar-refractivity contribution in [1.29, 1.82) is 0 Å². The van der Waals surface area contributed by atoms with Crippen molar-refractivity contribution in [1.82, 2.24) is 9.97 Å². The summed E-state index contributed by atoms with van der Waals surface area (Å²) in [5.41, 5.74) is 16.4. The topological polar surface area (TPSA) is 42.2 Å². The third-order valence-electron chi connectivity index (χ3n) is 11.5. The van der Waals surface area contributed by atoms with E-state index >= 15 is 0 Å². The molecular weight excluding hydrogens is 755 g/mol. The van der Waals surface area contributed by atoms with Gasteiger partial charge < -0.3 is 9.32 Å². The van der Waals surface area contributed by atoms with E-state index in [-0.39, 0.29) is 0 Å². The summed E-state index contributed by atoms with van der Waals surface area (Å²) < 4.78 is 6.72. The summed E-state index contributed by atoms with van der Waals surface area (Å²) in [7, 11) is 0. The van der Waals surface area contributed by atoms with Crippen LogP contribution in [0.15, 0.2) is 241 Å². The zero-order valence-corrected chi connectivity index (χ0v) is 33.8. The van der Waals surface area contributed by atoms with Gasteiger partial charge in [-0.05, 0) is 81.9 Å². The molecule has 0 saturated carbocycles. The van der Waals surface area contributed by atoms with Gasteiger partial charge in [-0.25, -0.2) is 9.97 Å². The lowest BCUT2D eigenvalue weighted by Crippen LogP contribution is -2.09. The van der Waals surface area contributed by atoms with E-state index in [0.29, 0.717) is 5.82 Å². The first-order valence-electron chi connectivity index (χ1n) is 20.9. The molecule has 2 aromatic heterocycles. The van der Waals surface area contributed by atoms with Gasteiger partial charge in [0.1, 0.15) is 11.2 Å². The first-order chi connectivity index (χ1) is 30.7. The van der Waals surface area contributed by atoms with E-state index in [9.17, 15) is 0 Å². The van der Waals surface area contributed by atoms with E-state index in [0.717, 1.165) is 83.8 Å². The smallest absolute Gasteiger partial charge is 0.161 e. The van der Waals surface area contributed by atoms with Crippen molar-refractivity contribution in [3.63, 3.8) is 0 Å². The van der Waals surface area contributed by atoms with E-state index < -0.39 is 0 Å². The maximum atomic E-state index is 6.72. The molecule has 0 spiro atoms. The Balaban J connectivity index is 1.00. The first kappa shape index (κ1) is 36.7. The highest BCUT2D eigenvalue weighted by molar-refractivity contribution is 6.12. The highest BCUT2D eigenvalue weighted by Gasteiger charge is 2.20. The highest BCUT2D eigenvalue weighted by Crippen LogP contribution is 2.42. The first-order valence-corrected chi connectivity index (χ1v) is 20.9. The number of rotatable bonds is 9. The molecule has 9 aromatic carbocycles. The Bertz CT molecular complexity index is 3310. The summed E-state index contributed by atoms with van der Waals surface area (Å²) in [5, 5.41) is 1.98. The molecule has 0 aliphatic carbocycles. The summed E-state index contributed by atoms with van der Waals surface area (Å²) >= 11 is 0. The Morgan fingerprint density at radius 3 is 1.45 bits per heavy atom. The quantitative estimate of drug-likeness (QED) is 0.146. The number of benzene rings is 9. The molecule has 0 N–H and O–H groups in total. The van der Waals surface area contributed by atoms with Crippen LogP contribution in [0, 0.1) is 0 Å². The van der Waals surface area contributed by atoms with Crippen LogP contribution >= 0.6 is 0 Å². The van der Waals surface area contributed by atoms with Gasteiger partial charge in [-0.2, -0.15) is 0 Å². The standard InChI is InChI=1S/C58H39N3O/c1-5-16-40(17-6-1)41-28-30-42(31-29-41)43-32-34-47(35-33-43)61(46-22-11-4-12-23-46)48-36-37-51-56(38-48)62-55-27-15-26-52(57(51)55)58-59-53(45-20-9-3-10-21-45)39-54(60-58)50-25-14-13-24-49(50)44-18-7-2-8-19-44/h1-39H. The van der Waals surface area contributed by atoms with E-state index in [4.69, 9.17) is 14.4 Å². The lowest BCUT2D eigenvalue weighted by atomic mass is 9.96. The van der Waals surface area contributed by atoms with Crippen molar-refractivity contribution in [2.45, 2.75) is 0 Å². The van der Waals surface area contributed by atoms with Crippen LogP contribution in [0.25, 0.3) is 89.2 Å². The molecule has 0 unspecified atom stereocenters. The Morgan fingerprint density at radius 2 is 0.790 bits per heavy atom. The van der Waals surface area contributed by atoms with Crippen LogP contribution < -0.4 is 4.90 Å². The average Bonchev–Trinajstić information content (AvgIpc) is 3.74. The molecule has 62 heavy (non-hydrogen) atoms. The van der Waals surface area contributed by atoms with E-state index in [1.54, 1.807) is 0 Å². The lowest BCUT2D eigenvalue weighted by molar-refractivity contribution is 0.669. The fourth-order valence-corrected chi connectivity index (χ4v) is 8.49. The highest BCUT2D eigenvalue weighted by atomic mass is 16.3. The number of nitrogens with zero attached hydrogens (tertiary/aromatic N) is 3. The Labute approximate surface area is 360 Å². The van der Waals surface area contributed by atoms with E-state index in [1.165, 1.54) is 16.7 Å². The molecule has 292 valence electrons. The van der Waals surface area contributed by atoms with Gasteiger partial charge >= 0.3 is 0 Å². The Kier molecular flexibility index (Phi) is 9.49. The predicted molar refractivity (Wildman–Crippen MR) is 257 cm³/mol. The van der Waals surface area contributed by atoms with E-state index in [2.05, 4.69) is 211 Å². The minimum Gasteiger partial charge on any atom is -0.456 e. The van der Waals surface area contributed by atoms with Gasteiger partial charge in [0, 0.05) is 50.6 Å². The largest absolute Gasteiger partial charge is 0.456 e. The summed E-state index contributed by atoms with van der Waals surface area (Å²) in [6.07, 6.45) is 0. The normalized spacial score (nSPS) is 11.2. The predicted octanol–water partition coefficient (Wildman–Crippen LogP) is 15.8. The van der Waals surface area contributed by atoms with Gasteiger partial charge in [0.25, 0.3) is 0 Å². The van der Waals surface area contributed by atoms with Crippen molar-refractivity contribution in [3.05, 3.63) is 237 Å². The van der Waals surface area contributed by atoms with Crippen LogP contribution in [0.5, 0.6) is 0 Å². The minimum atomic E-state index is 0.641. The van der Waals surface area contributed by atoms with Crippen LogP contribution in [0.1, 0.15) is 0 Å². The maximum Gasteiger partial charge on any atom is 0.161 e. The van der Waals surface area contributed by atoms with Gasteiger partial charge in [-0.1, -0.05) is 182 Å². The Morgan fingerprint density at radius 1 is 0.306 bits per heavy atom. The molecule has 0 atom stereocenters. The summed E-state index contributed by atoms with van der Waals surface area (Å²) in [4.78, 5) is 12.9. The van der Waals surface area contributed by atoms with Crippen molar-refractivity contribution in [2.75, 3.05) is 4.90 Å². The van der Waals surface area contributed by atoms with Crippen molar-refractivity contribution < 1.29 is 4.42 Å². The van der Waals surface area contributed by atoms with Gasteiger partial charge in [0.15, 0.2) is 5.82 Å². The van der Waals surface area contributed by atoms with Crippen LogP contribution in [-0.2, 0) is 0 Å². The summed E-state index contributed by atoms with van der Waals surface area (Å²) in [6.45, 7) is 0. The molecule has 0 aliphatic heterocycles. The molecule has 0 fully saturated rings. The monoisotopic (exact) mass is 793 g/mol. The Hall–Kier alpha value is -8.34. The number of hydrogen-bond donors (Lipinski definition) is 0. The van der Waals surface area contributed by atoms with Crippen LogP contribution in [0.3, 0.4) is 0 Å². The number of para-hydroxylation sites is 1. The van der Waals surface area contributed by atoms with E-state index in [1.807, 2.05) is 30.3 Å². The molecule has 4 heteroatoms. The lowest BCUT2D eigenvalue weighted by Gasteiger charge is -2.25. The molecule has 2 heterocycles. The van der Waals surface area contributed by atoms with Crippen LogP contribution in [-0.4, -0.2) is 9.97 Å². The minimum absolute atomic E-state index is 0.641. The second-order valence-corrected chi connectivity index (χ2v) is 15.4. The third-order valence-corrected chi connectivity index (χ3v) is 11.5. The second kappa shape index (κ2) is 16.0. The van der Waals surface area contributed by atoms with Crippen molar-refractivity contribution in [2.24, 2.45) is 0 Å². The molecule has 0 aliphatic rings. The van der Waals surface area contributed by atoms with Crippen molar-refractivity contribution in [3.8, 4) is 67.3 Å². The third kappa shape index (κ3) is 7.00. The number of aromatic nitrogens is 2. The molecule has 0 amide bonds. The summed E-state index contributed by atoms with van der Waals surface area (Å²) in [5.74, 6) is 0.641. The van der Waals surface area contributed by atoms with Crippen LogP contribution in [0.4, 0.5) is 17.1 Å². The zero-order chi connectivity index (χ0) is 41.2. The zero-order valence-electron chi connectivity index (χ0n) is 33.8. The molecule has 11 rings (SSSR count). The van der Waals surface area contributed by atoms with Crippen LogP contribution in [0.2, 0.25) is 0 Å². The van der Waals surface area contributed by atoms with Gasteiger partial charge in [-0.3, -0.25) is 0 Å². The summed E-state index contributed by atoms with van der Waals surface area (Å²) in [6, 6.07) is 82.6. The second-order valence-electron chi connectivity index (χ2n) is 15.4. The average molecular weight is 794 g/mol. The van der Waals surface area contributed by atoms with Gasteiger partial charge in [0.2, 0.25) is 0 Å². The molecular formula is C58H39N3O. The molecule has 0 bridgehead atoms. The van der Waals surface area contributed by atoms with Crippen molar-refractivity contribution >= 4 is 39.0 Å².